The van der Waals surface area contributed by atoms with Crippen LogP contribution in [0.2, 0.25) is 0 Å². The number of amides is 1. The first kappa shape index (κ1) is 10.4. The highest BCUT2D eigenvalue weighted by Gasteiger charge is 2.29. The summed E-state index contributed by atoms with van der Waals surface area (Å²) in [6.45, 7) is 2.63. The van der Waals surface area contributed by atoms with E-state index in [1.54, 1.807) is 4.90 Å². The van der Waals surface area contributed by atoms with E-state index in [1.807, 2.05) is 25.1 Å². The first-order chi connectivity index (χ1) is 7.08. The number of anilines is 2. The molecule has 0 aliphatic carbocycles. The smallest absolute Gasteiger partial charge is 0.228 e. The van der Waals surface area contributed by atoms with Crippen LogP contribution in [-0.2, 0) is 4.79 Å². The number of carbonyl (C=O) groups is 1. The van der Waals surface area contributed by atoms with Crippen molar-refractivity contribution in [3.05, 3.63) is 23.8 Å². The molecule has 2 N–H and O–H groups in total. The molecule has 2 rings (SSSR count). The van der Waals surface area contributed by atoms with Gasteiger partial charge in [0, 0.05) is 18.2 Å². The summed E-state index contributed by atoms with van der Waals surface area (Å²) in [7, 11) is 0. The second-order valence-electron chi connectivity index (χ2n) is 3.92. The molecule has 4 heteroatoms. The van der Waals surface area contributed by atoms with Crippen molar-refractivity contribution in [2.75, 3.05) is 17.2 Å². The molecule has 1 unspecified atom stereocenters. The Kier molecular flexibility index (Phi) is 2.61. The molecule has 1 heterocycles. The molecule has 3 nitrogen and oxygen atoms in total. The van der Waals surface area contributed by atoms with Gasteiger partial charge in [0.05, 0.1) is 11.4 Å². The van der Waals surface area contributed by atoms with E-state index in [0.717, 1.165) is 11.3 Å². The molecule has 1 aromatic rings. The lowest BCUT2D eigenvalue weighted by Crippen LogP contribution is -2.25. The van der Waals surface area contributed by atoms with Gasteiger partial charge in [-0.25, -0.2) is 0 Å². The van der Waals surface area contributed by atoms with Gasteiger partial charge in [-0.3, -0.25) is 4.79 Å². The molecule has 1 fully saturated rings. The Hall–Kier alpha value is -1.16. The van der Waals surface area contributed by atoms with Crippen molar-refractivity contribution in [2.45, 2.75) is 18.6 Å². The molecular weight excluding hydrogens is 208 g/mol. The van der Waals surface area contributed by atoms with E-state index in [1.165, 1.54) is 0 Å². The number of hydrogen-bond donors (Lipinski definition) is 2. The van der Waals surface area contributed by atoms with Gasteiger partial charge < -0.3 is 10.6 Å². The first-order valence-corrected chi connectivity index (χ1v) is 5.44. The largest absolute Gasteiger partial charge is 0.397 e. The second-order valence-corrected chi connectivity index (χ2v) is 4.65. The van der Waals surface area contributed by atoms with E-state index < -0.39 is 0 Å². The van der Waals surface area contributed by atoms with Crippen LogP contribution in [-0.4, -0.2) is 17.7 Å². The molecule has 1 amide bonds. The van der Waals surface area contributed by atoms with E-state index >= 15 is 0 Å². The highest BCUT2D eigenvalue weighted by Crippen LogP contribution is 2.29. The zero-order chi connectivity index (χ0) is 11.0. The number of benzene rings is 1. The summed E-state index contributed by atoms with van der Waals surface area (Å²) in [5.41, 5.74) is 8.46. The lowest BCUT2D eigenvalue weighted by atomic mass is 10.2. The van der Waals surface area contributed by atoms with Gasteiger partial charge in [0.15, 0.2) is 0 Å². The number of nitrogens with two attached hydrogens (primary N) is 1. The van der Waals surface area contributed by atoms with Crippen LogP contribution < -0.4 is 10.6 Å². The molecule has 0 aromatic heterocycles. The lowest BCUT2D eigenvalue weighted by Gasteiger charge is -2.18. The Morgan fingerprint density at radius 1 is 1.53 bits per heavy atom. The summed E-state index contributed by atoms with van der Waals surface area (Å²) < 4.78 is 0. The summed E-state index contributed by atoms with van der Waals surface area (Å²) in [6, 6.07) is 5.74. The first-order valence-electron chi connectivity index (χ1n) is 4.92. The Labute approximate surface area is 94.7 Å². The van der Waals surface area contributed by atoms with Gasteiger partial charge in [0.25, 0.3) is 0 Å². The minimum Gasteiger partial charge on any atom is -0.397 e. The van der Waals surface area contributed by atoms with Crippen molar-refractivity contribution in [2.24, 2.45) is 0 Å². The van der Waals surface area contributed by atoms with E-state index in [0.29, 0.717) is 18.7 Å². The third kappa shape index (κ3) is 1.95. The van der Waals surface area contributed by atoms with Gasteiger partial charge in [0.2, 0.25) is 5.91 Å². The standard InChI is InChI=1S/C11H14N2OS/c1-7-2-3-10(9(12)4-7)13-6-8(15)5-11(13)14/h2-4,8,15H,5-6,12H2,1H3. The van der Waals surface area contributed by atoms with Crippen molar-refractivity contribution in [3.63, 3.8) is 0 Å². The molecule has 1 aliphatic rings. The predicted octanol–water partition coefficient (Wildman–Crippen LogP) is 1.61. The van der Waals surface area contributed by atoms with E-state index in [9.17, 15) is 4.79 Å². The predicted molar refractivity (Wildman–Crippen MR) is 65.3 cm³/mol. The number of aryl methyl sites for hydroxylation is 1. The molecule has 1 aliphatic heterocycles. The van der Waals surface area contributed by atoms with Crippen LogP contribution in [0.25, 0.3) is 0 Å². The quantitative estimate of drug-likeness (QED) is 0.560. The lowest BCUT2D eigenvalue weighted by molar-refractivity contribution is -0.117. The van der Waals surface area contributed by atoms with Crippen LogP contribution in [0.5, 0.6) is 0 Å². The van der Waals surface area contributed by atoms with Gasteiger partial charge in [-0.2, -0.15) is 12.6 Å². The molecule has 0 spiro atoms. The Morgan fingerprint density at radius 2 is 2.27 bits per heavy atom. The summed E-state index contributed by atoms with van der Waals surface area (Å²) in [6.07, 6.45) is 0.496. The molecular formula is C11H14N2OS. The molecule has 80 valence electrons. The summed E-state index contributed by atoms with van der Waals surface area (Å²) in [4.78, 5) is 13.4. The van der Waals surface area contributed by atoms with Crippen molar-refractivity contribution in [3.8, 4) is 0 Å². The average Bonchev–Trinajstić information content (AvgIpc) is 2.45. The van der Waals surface area contributed by atoms with Gasteiger partial charge in [0.1, 0.15) is 0 Å². The number of thiol groups is 1. The van der Waals surface area contributed by atoms with Gasteiger partial charge >= 0.3 is 0 Å². The molecule has 15 heavy (non-hydrogen) atoms. The average molecular weight is 222 g/mol. The maximum absolute atomic E-state index is 11.6. The third-order valence-corrected chi connectivity index (χ3v) is 2.92. The van der Waals surface area contributed by atoms with E-state index in [4.69, 9.17) is 5.73 Å². The highest BCUT2D eigenvalue weighted by atomic mass is 32.1. The number of rotatable bonds is 1. The fourth-order valence-electron chi connectivity index (χ4n) is 1.84. The van der Waals surface area contributed by atoms with Crippen molar-refractivity contribution in [1.29, 1.82) is 0 Å². The molecule has 0 radical (unpaired) electrons. The Bertz CT molecular complexity index is 406. The van der Waals surface area contributed by atoms with E-state index in [2.05, 4.69) is 12.6 Å². The van der Waals surface area contributed by atoms with Crippen LogP contribution in [0.4, 0.5) is 11.4 Å². The van der Waals surface area contributed by atoms with Crippen LogP contribution >= 0.6 is 12.6 Å². The molecule has 1 atom stereocenters. The zero-order valence-electron chi connectivity index (χ0n) is 8.60. The van der Waals surface area contributed by atoms with E-state index in [-0.39, 0.29) is 11.2 Å². The maximum atomic E-state index is 11.6. The summed E-state index contributed by atoms with van der Waals surface area (Å²) in [5, 5.41) is 0.123. The third-order valence-electron chi connectivity index (χ3n) is 2.58. The van der Waals surface area contributed by atoms with Crippen LogP contribution in [0.15, 0.2) is 18.2 Å². The van der Waals surface area contributed by atoms with Crippen molar-refractivity contribution >= 4 is 29.9 Å². The number of hydrogen-bond acceptors (Lipinski definition) is 3. The number of carbonyl (C=O) groups excluding carboxylic acids is 1. The van der Waals surface area contributed by atoms with Crippen LogP contribution in [0, 0.1) is 6.92 Å². The highest BCUT2D eigenvalue weighted by molar-refractivity contribution is 7.81. The minimum atomic E-state index is 0.102. The number of nitrogens with zero attached hydrogens (tertiary/aromatic N) is 1. The summed E-state index contributed by atoms with van der Waals surface area (Å²) in [5.74, 6) is 0.102. The Morgan fingerprint density at radius 3 is 2.80 bits per heavy atom. The van der Waals surface area contributed by atoms with Crippen LogP contribution in [0.3, 0.4) is 0 Å². The normalized spacial score (nSPS) is 21.1. The summed E-state index contributed by atoms with van der Waals surface area (Å²) >= 11 is 4.31. The fraction of sp³-hybridized carbons (Fsp3) is 0.364. The van der Waals surface area contributed by atoms with Gasteiger partial charge in [-0.15, -0.1) is 0 Å². The van der Waals surface area contributed by atoms with Gasteiger partial charge in [-0.1, -0.05) is 6.07 Å². The Balaban J connectivity index is 2.34. The van der Waals surface area contributed by atoms with Crippen molar-refractivity contribution < 1.29 is 4.79 Å². The molecule has 1 saturated heterocycles. The monoisotopic (exact) mass is 222 g/mol. The second kappa shape index (κ2) is 3.77. The van der Waals surface area contributed by atoms with Gasteiger partial charge in [-0.05, 0) is 24.6 Å². The molecule has 0 bridgehead atoms. The zero-order valence-corrected chi connectivity index (χ0v) is 9.50. The SMILES string of the molecule is Cc1ccc(N2CC(S)CC2=O)c(N)c1. The topological polar surface area (TPSA) is 46.3 Å². The van der Waals surface area contributed by atoms with Crippen LogP contribution in [0.1, 0.15) is 12.0 Å². The number of nitrogen functional groups attached to an aromatic ring is 1. The molecule has 1 aromatic carbocycles. The fourth-order valence-corrected chi connectivity index (χ4v) is 2.16. The maximum Gasteiger partial charge on any atom is 0.228 e. The van der Waals surface area contributed by atoms with Crippen molar-refractivity contribution in [1.82, 2.24) is 0 Å². The minimum absolute atomic E-state index is 0.102. The molecule has 0 saturated carbocycles.